The lowest BCUT2D eigenvalue weighted by atomic mass is 9.95. The van der Waals surface area contributed by atoms with Gasteiger partial charge < -0.3 is 15.1 Å². The molecule has 0 aromatic heterocycles. The molecule has 0 aromatic carbocycles. The van der Waals surface area contributed by atoms with Crippen LogP contribution in [0.15, 0.2) is 0 Å². The minimum Gasteiger partial charge on any atom is -0.343 e. The number of hydrogen-bond acceptors (Lipinski definition) is 4. The Morgan fingerprint density at radius 3 is 2.42 bits per heavy atom. The quantitative estimate of drug-likeness (QED) is 0.805. The van der Waals surface area contributed by atoms with Gasteiger partial charge in [-0.15, -0.1) is 0 Å². The summed E-state index contributed by atoms with van der Waals surface area (Å²) in [7, 11) is 3.87. The number of likely N-dealkylation sites (N-methyl/N-ethyl adjacent to an activating group) is 1. The summed E-state index contributed by atoms with van der Waals surface area (Å²) in [6.45, 7) is 7.98. The lowest BCUT2D eigenvalue weighted by Gasteiger charge is -2.37. The Bertz CT molecular complexity index is 433. The van der Waals surface area contributed by atoms with Gasteiger partial charge >= 0.3 is 0 Å². The van der Waals surface area contributed by atoms with Gasteiger partial charge in [0.05, 0.1) is 6.54 Å². The number of piperidine rings is 2. The largest absolute Gasteiger partial charge is 0.343 e. The van der Waals surface area contributed by atoms with E-state index < -0.39 is 0 Å². The highest BCUT2D eigenvalue weighted by Crippen LogP contribution is 2.20. The molecular formula is C18H34N4O2. The number of carbonyl (C=O) groups is 2. The summed E-state index contributed by atoms with van der Waals surface area (Å²) in [5.41, 5.74) is 0. The number of nitrogens with zero attached hydrogens (tertiary/aromatic N) is 3. The predicted octanol–water partition coefficient (Wildman–Crippen LogP) is 0.776. The standard InChI is InChI=1S/C18H34N4O2/c1-14(2)20(4)18(24)15-7-10-22(11-8-15)17(23)13-21-9-5-6-16(12-21)19-3/h14-16,19H,5-13H2,1-4H3. The van der Waals surface area contributed by atoms with Gasteiger partial charge in [0.2, 0.25) is 11.8 Å². The van der Waals surface area contributed by atoms with Crippen molar-refractivity contribution in [2.75, 3.05) is 46.8 Å². The van der Waals surface area contributed by atoms with Crippen LogP contribution < -0.4 is 5.32 Å². The van der Waals surface area contributed by atoms with Gasteiger partial charge in [-0.05, 0) is 53.1 Å². The van der Waals surface area contributed by atoms with Crippen LogP contribution in [0.25, 0.3) is 0 Å². The second-order valence-corrected chi connectivity index (χ2v) is 7.56. The van der Waals surface area contributed by atoms with Gasteiger partial charge in [-0.25, -0.2) is 0 Å². The SMILES string of the molecule is CNC1CCCN(CC(=O)N2CCC(C(=O)N(C)C(C)C)CC2)C1. The van der Waals surface area contributed by atoms with Crippen molar-refractivity contribution in [3.8, 4) is 0 Å². The zero-order chi connectivity index (χ0) is 17.7. The number of carbonyl (C=O) groups excluding carboxylic acids is 2. The summed E-state index contributed by atoms with van der Waals surface area (Å²) in [5, 5.41) is 3.32. The van der Waals surface area contributed by atoms with E-state index in [-0.39, 0.29) is 23.8 Å². The van der Waals surface area contributed by atoms with Crippen molar-refractivity contribution in [2.45, 2.75) is 51.6 Å². The first-order valence-corrected chi connectivity index (χ1v) is 9.36. The Kier molecular flexibility index (Phi) is 7.04. The molecule has 6 nitrogen and oxygen atoms in total. The van der Waals surface area contributed by atoms with Crippen molar-refractivity contribution in [1.82, 2.24) is 20.0 Å². The van der Waals surface area contributed by atoms with Crippen LogP contribution in [0.5, 0.6) is 0 Å². The third kappa shape index (κ3) is 4.93. The van der Waals surface area contributed by atoms with E-state index in [1.807, 2.05) is 37.7 Å². The molecule has 0 radical (unpaired) electrons. The summed E-state index contributed by atoms with van der Waals surface area (Å²) >= 11 is 0. The molecule has 2 fully saturated rings. The maximum absolute atomic E-state index is 12.5. The van der Waals surface area contributed by atoms with Gasteiger partial charge in [0.25, 0.3) is 0 Å². The highest BCUT2D eigenvalue weighted by molar-refractivity contribution is 5.81. The molecule has 2 rings (SSSR count). The topological polar surface area (TPSA) is 55.9 Å². The lowest BCUT2D eigenvalue weighted by Crippen LogP contribution is -2.50. The van der Waals surface area contributed by atoms with Crippen molar-refractivity contribution in [3.63, 3.8) is 0 Å². The van der Waals surface area contributed by atoms with E-state index in [1.54, 1.807) is 0 Å². The molecule has 2 aliphatic rings. The van der Waals surface area contributed by atoms with Crippen LogP contribution in [0.3, 0.4) is 0 Å². The Balaban J connectivity index is 1.77. The second-order valence-electron chi connectivity index (χ2n) is 7.56. The van der Waals surface area contributed by atoms with Crippen molar-refractivity contribution in [1.29, 1.82) is 0 Å². The predicted molar refractivity (Wildman–Crippen MR) is 95.7 cm³/mol. The van der Waals surface area contributed by atoms with Crippen LogP contribution >= 0.6 is 0 Å². The molecule has 6 heteroatoms. The Morgan fingerprint density at radius 2 is 1.83 bits per heavy atom. The average Bonchev–Trinajstić information content (AvgIpc) is 2.60. The van der Waals surface area contributed by atoms with E-state index in [0.717, 1.165) is 32.4 Å². The number of amides is 2. The molecular weight excluding hydrogens is 304 g/mol. The smallest absolute Gasteiger partial charge is 0.236 e. The van der Waals surface area contributed by atoms with E-state index in [9.17, 15) is 9.59 Å². The van der Waals surface area contributed by atoms with Crippen LogP contribution in [-0.2, 0) is 9.59 Å². The summed E-state index contributed by atoms with van der Waals surface area (Å²) in [6.07, 6.45) is 3.93. The minimum atomic E-state index is 0.0742. The van der Waals surface area contributed by atoms with Crippen LogP contribution in [0.4, 0.5) is 0 Å². The highest BCUT2D eigenvalue weighted by Gasteiger charge is 2.30. The molecule has 24 heavy (non-hydrogen) atoms. The molecule has 2 aliphatic heterocycles. The number of nitrogens with one attached hydrogen (secondary N) is 1. The summed E-state index contributed by atoms with van der Waals surface area (Å²) in [6, 6.07) is 0.734. The molecule has 2 saturated heterocycles. The molecule has 1 atom stereocenters. The van der Waals surface area contributed by atoms with Gasteiger partial charge in [-0.3, -0.25) is 14.5 Å². The van der Waals surface area contributed by atoms with Gasteiger partial charge in [-0.1, -0.05) is 0 Å². The van der Waals surface area contributed by atoms with Gasteiger partial charge in [0.1, 0.15) is 0 Å². The monoisotopic (exact) mass is 338 g/mol. The third-order valence-electron chi connectivity index (χ3n) is 5.59. The summed E-state index contributed by atoms with van der Waals surface area (Å²) < 4.78 is 0. The van der Waals surface area contributed by atoms with Crippen LogP contribution in [0, 0.1) is 5.92 Å². The molecule has 2 heterocycles. The maximum Gasteiger partial charge on any atom is 0.236 e. The van der Waals surface area contributed by atoms with E-state index in [1.165, 1.54) is 6.42 Å². The molecule has 138 valence electrons. The fourth-order valence-electron chi connectivity index (χ4n) is 3.64. The van der Waals surface area contributed by atoms with Gasteiger partial charge in [0, 0.05) is 44.7 Å². The molecule has 0 bridgehead atoms. The fourth-order valence-corrected chi connectivity index (χ4v) is 3.64. The molecule has 0 spiro atoms. The number of likely N-dealkylation sites (tertiary alicyclic amines) is 2. The molecule has 1 N–H and O–H groups in total. The molecule has 0 aliphatic carbocycles. The van der Waals surface area contributed by atoms with E-state index in [0.29, 0.717) is 25.7 Å². The fraction of sp³-hybridized carbons (Fsp3) is 0.889. The first-order valence-electron chi connectivity index (χ1n) is 9.36. The van der Waals surface area contributed by atoms with Crippen LogP contribution in [0.1, 0.15) is 39.5 Å². The zero-order valence-electron chi connectivity index (χ0n) is 15.8. The average molecular weight is 338 g/mol. The summed E-state index contributed by atoms with van der Waals surface area (Å²) in [5.74, 6) is 0.518. The Hall–Kier alpha value is -1.14. The van der Waals surface area contributed by atoms with Crippen molar-refractivity contribution >= 4 is 11.8 Å². The third-order valence-corrected chi connectivity index (χ3v) is 5.59. The highest BCUT2D eigenvalue weighted by atomic mass is 16.2. The number of hydrogen-bond donors (Lipinski definition) is 1. The maximum atomic E-state index is 12.5. The zero-order valence-corrected chi connectivity index (χ0v) is 15.8. The lowest BCUT2D eigenvalue weighted by molar-refractivity contribution is -0.141. The van der Waals surface area contributed by atoms with Crippen LogP contribution in [-0.4, -0.2) is 85.4 Å². The van der Waals surface area contributed by atoms with Crippen molar-refractivity contribution < 1.29 is 9.59 Å². The van der Waals surface area contributed by atoms with E-state index in [4.69, 9.17) is 0 Å². The van der Waals surface area contributed by atoms with Gasteiger partial charge in [0.15, 0.2) is 0 Å². The van der Waals surface area contributed by atoms with Crippen molar-refractivity contribution in [2.24, 2.45) is 5.92 Å². The van der Waals surface area contributed by atoms with E-state index >= 15 is 0 Å². The first kappa shape index (κ1) is 19.2. The number of rotatable bonds is 5. The first-order chi connectivity index (χ1) is 11.4. The van der Waals surface area contributed by atoms with E-state index in [2.05, 4.69) is 10.2 Å². The normalized spacial score (nSPS) is 23.5. The molecule has 1 unspecified atom stereocenters. The molecule has 0 aromatic rings. The minimum absolute atomic E-state index is 0.0742. The second kappa shape index (κ2) is 8.81. The molecule has 0 saturated carbocycles. The Morgan fingerprint density at radius 1 is 1.17 bits per heavy atom. The molecule has 2 amide bonds. The van der Waals surface area contributed by atoms with Crippen LogP contribution in [0.2, 0.25) is 0 Å². The summed E-state index contributed by atoms with van der Waals surface area (Å²) in [4.78, 5) is 31.0. The Labute approximate surface area is 146 Å². The van der Waals surface area contributed by atoms with Gasteiger partial charge in [-0.2, -0.15) is 0 Å². The van der Waals surface area contributed by atoms with Crippen molar-refractivity contribution in [3.05, 3.63) is 0 Å².